The van der Waals surface area contributed by atoms with E-state index in [9.17, 15) is 4.79 Å². The van der Waals surface area contributed by atoms with Crippen molar-refractivity contribution in [2.45, 2.75) is 6.61 Å². The third-order valence-corrected chi connectivity index (χ3v) is 6.49. The number of carbonyl (C=O) groups excluding carboxylic acids is 1. The number of amides is 1. The van der Waals surface area contributed by atoms with Crippen molar-refractivity contribution >= 4 is 61.1 Å². The summed E-state index contributed by atoms with van der Waals surface area (Å²) < 4.78 is 7.78. The van der Waals surface area contributed by atoms with Gasteiger partial charge in [-0.25, -0.2) is 5.43 Å². The Morgan fingerprint density at radius 2 is 1.87 bits per heavy atom. The molecule has 7 heteroatoms. The zero-order valence-electron chi connectivity index (χ0n) is 15.6. The fourth-order valence-electron chi connectivity index (χ4n) is 2.86. The number of halogens is 2. The van der Waals surface area contributed by atoms with Crippen LogP contribution in [0.4, 0.5) is 0 Å². The Morgan fingerprint density at radius 1 is 1.10 bits per heavy atom. The minimum absolute atomic E-state index is 0.348. The second kappa shape index (κ2) is 9.43. The Bertz CT molecular complexity index is 1220. The lowest BCUT2D eigenvalue weighted by molar-refractivity contribution is 0.0959. The predicted octanol–water partition coefficient (Wildman–Crippen LogP) is 6.66. The van der Waals surface area contributed by atoms with Crippen LogP contribution in [-0.4, -0.2) is 12.1 Å². The minimum Gasteiger partial charge on any atom is -0.488 e. The number of nitrogens with zero attached hydrogens (tertiary/aromatic N) is 1. The molecule has 150 valence electrons. The number of hydrogen-bond acceptors (Lipinski definition) is 4. The van der Waals surface area contributed by atoms with Crippen LogP contribution >= 0.6 is 38.9 Å². The van der Waals surface area contributed by atoms with Gasteiger partial charge in [-0.05, 0) is 29.8 Å². The molecule has 0 aliphatic carbocycles. The van der Waals surface area contributed by atoms with Gasteiger partial charge in [0, 0.05) is 20.1 Å². The first kappa shape index (κ1) is 20.6. The number of rotatable bonds is 6. The highest BCUT2D eigenvalue weighted by Gasteiger charge is 2.16. The molecule has 1 heterocycles. The molecule has 0 aliphatic rings. The molecule has 1 N–H and O–H groups in total. The van der Waals surface area contributed by atoms with E-state index in [-0.39, 0.29) is 5.91 Å². The smallest absolute Gasteiger partial charge is 0.283 e. The lowest BCUT2D eigenvalue weighted by Crippen LogP contribution is -2.16. The van der Waals surface area contributed by atoms with Gasteiger partial charge in [0.2, 0.25) is 0 Å². The van der Waals surface area contributed by atoms with Crippen LogP contribution in [0.2, 0.25) is 5.02 Å². The molecule has 1 amide bonds. The SMILES string of the molecule is O=C(NN=Cc1cc(Br)ccc1OCc1ccccc1)c1sc2ccccc2c1Cl. The normalized spacial score (nSPS) is 11.1. The summed E-state index contributed by atoms with van der Waals surface area (Å²) in [4.78, 5) is 13.0. The van der Waals surface area contributed by atoms with Crippen molar-refractivity contribution in [1.29, 1.82) is 0 Å². The molecular weight excluding hydrogens is 484 g/mol. The molecule has 3 aromatic carbocycles. The third-order valence-electron chi connectivity index (χ3n) is 4.32. The summed E-state index contributed by atoms with van der Waals surface area (Å²) in [6.45, 7) is 0.438. The molecule has 4 aromatic rings. The van der Waals surface area contributed by atoms with Crippen LogP contribution in [0.1, 0.15) is 20.8 Å². The Balaban J connectivity index is 1.48. The predicted molar refractivity (Wildman–Crippen MR) is 127 cm³/mol. The van der Waals surface area contributed by atoms with E-state index in [1.165, 1.54) is 11.3 Å². The highest BCUT2D eigenvalue weighted by molar-refractivity contribution is 9.10. The van der Waals surface area contributed by atoms with Gasteiger partial charge >= 0.3 is 0 Å². The van der Waals surface area contributed by atoms with Crippen molar-refractivity contribution in [2.24, 2.45) is 5.10 Å². The van der Waals surface area contributed by atoms with Crippen molar-refractivity contribution in [2.75, 3.05) is 0 Å². The average molecular weight is 500 g/mol. The molecule has 0 saturated heterocycles. The molecular formula is C23H16BrClN2O2S. The molecule has 4 rings (SSSR count). The molecule has 0 fully saturated rings. The minimum atomic E-state index is -0.348. The van der Waals surface area contributed by atoms with Gasteiger partial charge in [0.05, 0.1) is 11.2 Å². The number of hydrazone groups is 1. The largest absolute Gasteiger partial charge is 0.488 e. The number of ether oxygens (including phenoxy) is 1. The van der Waals surface area contributed by atoms with Crippen LogP contribution < -0.4 is 10.2 Å². The van der Waals surface area contributed by atoms with Gasteiger partial charge in [0.1, 0.15) is 17.2 Å². The monoisotopic (exact) mass is 498 g/mol. The van der Waals surface area contributed by atoms with Gasteiger partial charge in [-0.15, -0.1) is 11.3 Å². The molecule has 4 nitrogen and oxygen atoms in total. The third kappa shape index (κ3) is 4.73. The average Bonchev–Trinajstić information content (AvgIpc) is 3.11. The fourth-order valence-corrected chi connectivity index (χ4v) is 4.64. The molecule has 0 radical (unpaired) electrons. The van der Waals surface area contributed by atoms with Crippen LogP contribution in [0, 0.1) is 0 Å². The van der Waals surface area contributed by atoms with Crippen LogP contribution in [0.5, 0.6) is 5.75 Å². The summed E-state index contributed by atoms with van der Waals surface area (Å²) in [6, 6.07) is 23.2. The van der Waals surface area contributed by atoms with Crippen molar-refractivity contribution in [3.63, 3.8) is 0 Å². The van der Waals surface area contributed by atoms with E-state index in [1.54, 1.807) is 6.21 Å². The van der Waals surface area contributed by atoms with Crippen LogP contribution in [0.25, 0.3) is 10.1 Å². The maximum absolute atomic E-state index is 12.5. The van der Waals surface area contributed by atoms with Gasteiger partial charge < -0.3 is 4.74 Å². The number of thiophene rings is 1. The van der Waals surface area contributed by atoms with Crippen LogP contribution in [-0.2, 0) is 6.61 Å². The summed E-state index contributed by atoms with van der Waals surface area (Å²) >= 11 is 11.2. The summed E-state index contributed by atoms with van der Waals surface area (Å²) in [7, 11) is 0. The maximum Gasteiger partial charge on any atom is 0.283 e. The van der Waals surface area contributed by atoms with Crippen molar-refractivity contribution in [3.05, 3.63) is 98.3 Å². The fraction of sp³-hybridized carbons (Fsp3) is 0.0435. The molecule has 1 aromatic heterocycles. The van der Waals surface area contributed by atoms with Crippen LogP contribution in [0.15, 0.2) is 82.4 Å². The van der Waals surface area contributed by atoms with E-state index in [2.05, 4.69) is 26.5 Å². The highest BCUT2D eigenvalue weighted by Crippen LogP contribution is 2.35. The number of fused-ring (bicyclic) bond motifs is 1. The molecule has 0 atom stereocenters. The Kier molecular flexibility index (Phi) is 6.47. The quantitative estimate of drug-likeness (QED) is 0.238. The summed E-state index contributed by atoms with van der Waals surface area (Å²) in [5.41, 5.74) is 4.36. The van der Waals surface area contributed by atoms with Gasteiger partial charge in [-0.1, -0.05) is 76.1 Å². The van der Waals surface area contributed by atoms with Gasteiger partial charge in [0.15, 0.2) is 0 Å². The second-order valence-electron chi connectivity index (χ2n) is 6.40. The second-order valence-corrected chi connectivity index (χ2v) is 8.74. The molecule has 0 bridgehead atoms. The van der Waals surface area contributed by atoms with Crippen molar-refractivity contribution in [1.82, 2.24) is 5.43 Å². The first-order valence-electron chi connectivity index (χ1n) is 9.08. The number of benzene rings is 3. The Morgan fingerprint density at radius 3 is 2.67 bits per heavy atom. The van der Waals surface area contributed by atoms with Gasteiger partial charge in [-0.3, -0.25) is 4.79 Å². The van der Waals surface area contributed by atoms with Crippen molar-refractivity contribution in [3.8, 4) is 5.75 Å². The Hall–Kier alpha value is -2.67. The summed E-state index contributed by atoms with van der Waals surface area (Å²) in [5, 5.41) is 5.41. The highest BCUT2D eigenvalue weighted by atomic mass is 79.9. The lowest BCUT2D eigenvalue weighted by Gasteiger charge is -2.09. The maximum atomic E-state index is 12.5. The van der Waals surface area contributed by atoms with Crippen molar-refractivity contribution < 1.29 is 9.53 Å². The van der Waals surface area contributed by atoms with E-state index < -0.39 is 0 Å². The first-order valence-corrected chi connectivity index (χ1v) is 11.1. The van der Waals surface area contributed by atoms with Gasteiger partial charge in [-0.2, -0.15) is 5.10 Å². The summed E-state index contributed by atoms with van der Waals surface area (Å²) in [6.07, 6.45) is 1.56. The van der Waals surface area contributed by atoms with E-state index >= 15 is 0 Å². The van der Waals surface area contributed by atoms with E-state index in [0.29, 0.717) is 22.3 Å². The Labute approximate surface area is 191 Å². The first-order chi connectivity index (χ1) is 14.6. The van der Waals surface area contributed by atoms with Gasteiger partial charge in [0.25, 0.3) is 5.91 Å². The molecule has 0 spiro atoms. The molecule has 30 heavy (non-hydrogen) atoms. The standard InChI is InChI=1S/C23H16BrClN2O2S/c24-17-10-11-19(29-14-15-6-2-1-3-7-15)16(12-17)13-26-27-23(28)22-21(25)18-8-4-5-9-20(18)30-22/h1-13H,14H2,(H,27,28). The topological polar surface area (TPSA) is 50.7 Å². The van der Waals surface area contributed by atoms with E-state index in [0.717, 1.165) is 25.7 Å². The lowest BCUT2D eigenvalue weighted by atomic mass is 10.2. The molecule has 0 unspecified atom stereocenters. The number of carbonyl (C=O) groups is 1. The summed E-state index contributed by atoms with van der Waals surface area (Å²) in [5.74, 6) is 0.319. The van der Waals surface area contributed by atoms with Crippen LogP contribution in [0.3, 0.4) is 0 Å². The zero-order chi connectivity index (χ0) is 20.9. The van der Waals surface area contributed by atoms with E-state index in [4.69, 9.17) is 16.3 Å². The van der Waals surface area contributed by atoms with E-state index in [1.807, 2.05) is 72.8 Å². The zero-order valence-corrected chi connectivity index (χ0v) is 18.8. The molecule has 0 aliphatic heterocycles. The number of hydrogen-bond donors (Lipinski definition) is 1. The number of nitrogens with one attached hydrogen (secondary N) is 1. The molecule has 0 saturated carbocycles.